The third-order valence-corrected chi connectivity index (χ3v) is 6.66. The van der Waals surface area contributed by atoms with Gasteiger partial charge in [-0.05, 0) is 49.4 Å². The molecule has 2 N–H and O–H groups in total. The number of carbonyl (C=O) groups excluding carboxylic acids is 2. The Morgan fingerprint density at radius 1 is 1.19 bits per heavy atom. The van der Waals surface area contributed by atoms with Crippen LogP contribution in [0.3, 0.4) is 0 Å². The normalized spacial score (nSPS) is 13.0. The Kier molecular flexibility index (Phi) is 6.03. The third kappa shape index (κ3) is 4.46. The van der Waals surface area contributed by atoms with Gasteiger partial charge in [-0.1, -0.05) is 6.07 Å². The van der Waals surface area contributed by atoms with E-state index in [1.54, 1.807) is 29.5 Å². The Bertz CT molecular complexity index is 1200. The lowest BCUT2D eigenvalue weighted by Crippen LogP contribution is -2.42. The lowest BCUT2D eigenvalue weighted by Gasteiger charge is -2.14. The second kappa shape index (κ2) is 8.89. The van der Waals surface area contributed by atoms with Crippen molar-refractivity contribution in [3.63, 3.8) is 0 Å². The van der Waals surface area contributed by atoms with Crippen molar-refractivity contribution in [1.29, 1.82) is 0 Å². The number of amides is 2. The van der Waals surface area contributed by atoms with Crippen molar-refractivity contribution >= 4 is 39.1 Å². The minimum Gasteiger partial charge on any atom is -0.378 e. The summed E-state index contributed by atoms with van der Waals surface area (Å²) in [6.07, 6.45) is 5.72. The zero-order valence-electron chi connectivity index (χ0n) is 17.6. The minimum absolute atomic E-state index is 0.0530. The highest BCUT2D eigenvalue weighted by Crippen LogP contribution is 2.33. The van der Waals surface area contributed by atoms with Gasteiger partial charge in [0.1, 0.15) is 4.83 Å². The molecule has 1 aromatic carbocycles. The fourth-order valence-electron chi connectivity index (χ4n) is 3.75. The van der Waals surface area contributed by atoms with Crippen molar-refractivity contribution in [2.45, 2.75) is 38.6 Å². The fourth-order valence-corrected chi connectivity index (χ4v) is 4.97. The molecule has 0 saturated heterocycles. The molecule has 0 atom stereocenters. The Morgan fingerprint density at radius 2 is 2.00 bits per heavy atom. The van der Waals surface area contributed by atoms with Crippen molar-refractivity contribution in [2.75, 3.05) is 19.0 Å². The van der Waals surface area contributed by atoms with Crippen LogP contribution in [-0.2, 0) is 24.2 Å². The number of anilines is 1. The van der Waals surface area contributed by atoms with Gasteiger partial charge in [0.25, 0.3) is 11.5 Å². The molecule has 0 bridgehead atoms. The van der Waals surface area contributed by atoms with Crippen LogP contribution in [0.1, 0.15) is 40.1 Å². The maximum absolute atomic E-state index is 12.9. The molecule has 31 heavy (non-hydrogen) atoms. The second-order valence-electron chi connectivity index (χ2n) is 7.83. The fraction of sp³-hybridized carbons (Fsp3) is 0.364. The monoisotopic (exact) mass is 439 g/mol. The minimum atomic E-state index is -0.401. The number of hydrazine groups is 1. The number of nitrogens with one attached hydrogen (secondary N) is 2. The van der Waals surface area contributed by atoms with E-state index in [4.69, 9.17) is 0 Å². The summed E-state index contributed by atoms with van der Waals surface area (Å²) in [6.45, 7) is 0.199. The van der Waals surface area contributed by atoms with E-state index >= 15 is 0 Å². The molecule has 0 fully saturated rings. The molecule has 8 nitrogen and oxygen atoms in total. The SMILES string of the molecule is CN(C)c1cccc(C(=O)NNC(=O)CCn2cnc3sc4c(c3c2=O)CCCC4)c1. The van der Waals surface area contributed by atoms with Crippen LogP contribution >= 0.6 is 11.3 Å². The highest BCUT2D eigenvalue weighted by Gasteiger charge is 2.20. The molecule has 162 valence electrons. The lowest BCUT2D eigenvalue weighted by molar-refractivity contribution is -0.122. The molecule has 9 heteroatoms. The van der Waals surface area contributed by atoms with Crippen LogP contribution in [0, 0.1) is 0 Å². The maximum atomic E-state index is 12.9. The summed E-state index contributed by atoms with van der Waals surface area (Å²) < 4.78 is 1.48. The average molecular weight is 440 g/mol. The molecule has 2 amide bonds. The molecule has 2 heterocycles. The number of fused-ring (bicyclic) bond motifs is 3. The number of carbonyl (C=O) groups is 2. The number of rotatable bonds is 5. The topological polar surface area (TPSA) is 96.3 Å². The molecule has 3 aromatic rings. The molecule has 0 unspecified atom stereocenters. The van der Waals surface area contributed by atoms with E-state index in [0.29, 0.717) is 10.9 Å². The van der Waals surface area contributed by atoms with Crippen LogP contribution in [0.2, 0.25) is 0 Å². The quantitative estimate of drug-likeness (QED) is 0.595. The van der Waals surface area contributed by atoms with E-state index in [1.807, 2.05) is 25.1 Å². The van der Waals surface area contributed by atoms with E-state index in [1.165, 1.54) is 15.8 Å². The summed E-state index contributed by atoms with van der Waals surface area (Å²) in [4.78, 5) is 45.8. The molecule has 0 radical (unpaired) electrons. The average Bonchev–Trinajstić information content (AvgIpc) is 3.16. The molecule has 0 saturated carbocycles. The van der Waals surface area contributed by atoms with Gasteiger partial charge in [0, 0.05) is 43.2 Å². The summed E-state index contributed by atoms with van der Waals surface area (Å²) in [5, 5.41) is 0.705. The van der Waals surface area contributed by atoms with E-state index < -0.39 is 5.91 Å². The first-order chi connectivity index (χ1) is 14.9. The van der Waals surface area contributed by atoms with Crippen LogP contribution in [0.15, 0.2) is 35.4 Å². The van der Waals surface area contributed by atoms with E-state index in [0.717, 1.165) is 41.8 Å². The number of aromatic nitrogens is 2. The predicted octanol–water partition coefficient (Wildman–Crippen LogP) is 2.25. The number of hydrogen-bond acceptors (Lipinski definition) is 6. The van der Waals surface area contributed by atoms with Gasteiger partial charge in [0.2, 0.25) is 5.91 Å². The maximum Gasteiger partial charge on any atom is 0.269 e. The molecule has 1 aliphatic carbocycles. The van der Waals surface area contributed by atoms with E-state index in [-0.39, 0.29) is 24.4 Å². The van der Waals surface area contributed by atoms with Gasteiger partial charge in [-0.3, -0.25) is 29.8 Å². The van der Waals surface area contributed by atoms with Crippen LogP contribution in [0.25, 0.3) is 10.2 Å². The highest BCUT2D eigenvalue weighted by molar-refractivity contribution is 7.18. The number of hydrogen-bond donors (Lipinski definition) is 2. The number of nitrogens with zero attached hydrogens (tertiary/aromatic N) is 3. The molecular formula is C22H25N5O3S. The van der Waals surface area contributed by atoms with Gasteiger partial charge in [-0.25, -0.2) is 4.98 Å². The second-order valence-corrected chi connectivity index (χ2v) is 8.91. The van der Waals surface area contributed by atoms with Gasteiger partial charge >= 0.3 is 0 Å². The summed E-state index contributed by atoms with van der Waals surface area (Å²) in [5.41, 5.74) is 7.21. The molecule has 1 aliphatic rings. The first kappa shape index (κ1) is 21.0. The van der Waals surface area contributed by atoms with Crippen LogP contribution in [0.5, 0.6) is 0 Å². The summed E-state index contributed by atoms with van der Waals surface area (Å²) in [7, 11) is 3.78. The zero-order valence-corrected chi connectivity index (χ0v) is 18.4. The first-order valence-electron chi connectivity index (χ1n) is 10.3. The molecular weight excluding hydrogens is 414 g/mol. The standard InChI is InChI=1S/C22H25N5O3S/c1-26(2)15-7-5-6-14(12-15)20(29)25-24-18(28)10-11-27-13-23-21-19(22(27)30)16-8-3-4-9-17(16)31-21/h5-7,12-13H,3-4,8-11H2,1-2H3,(H,24,28)(H,25,29). The lowest BCUT2D eigenvalue weighted by atomic mass is 9.97. The van der Waals surface area contributed by atoms with E-state index in [2.05, 4.69) is 15.8 Å². The molecule has 4 rings (SSSR count). The van der Waals surface area contributed by atoms with Crippen molar-refractivity contribution < 1.29 is 9.59 Å². The Hall–Kier alpha value is -3.20. The van der Waals surface area contributed by atoms with Crippen LogP contribution in [-0.4, -0.2) is 35.5 Å². The van der Waals surface area contributed by atoms with Gasteiger partial charge in [-0.15, -0.1) is 11.3 Å². The Morgan fingerprint density at radius 3 is 2.81 bits per heavy atom. The van der Waals surface area contributed by atoms with Gasteiger partial charge in [0.05, 0.1) is 11.7 Å². The molecule has 0 spiro atoms. The Labute approximate surface area is 183 Å². The van der Waals surface area contributed by atoms with Gasteiger partial charge < -0.3 is 4.90 Å². The molecule has 0 aliphatic heterocycles. The summed E-state index contributed by atoms with van der Waals surface area (Å²) in [5.74, 6) is -0.779. The first-order valence-corrected chi connectivity index (χ1v) is 11.1. The van der Waals surface area contributed by atoms with Crippen molar-refractivity contribution in [2.24, 2.45) is 0 Å². The van der Waals surface area contributed by atoms with Gasteiger partial charge in [0.15, 0.2) is 0 Å². The number of aryl methyl sites for hydroxylation is 3. The smallest absolute Gasteiger partial charge is 0.269 e. The van der Waals surface area contributed by atoms with Crippen LogP contribution < -0.4 is 21.3 Å². The van der Waals surface area contributed by atoms with Crippen molar-refractivity contribution in [3.05, 3.63) is 57.0 Å². The Balaban J connectivity index is 1.37. The summed E-state index contributed by atoms with van der Waals surface area (Å²) >= 11 is 1.60. The van der Waals surface area contributed by atoms with Crippen molar-refractivity contribution in [1.82, 2.24) is 20.4 Å². The number of benzene rings is 1. The largest absolute Gasteiger partial charge is 0.378 e. The van der Waals surface area contributed by atoms with Gasteiger partial charge in [-0.2, -0.15) is 0 Å². The van der Waals surface area contributed by atoms with E-state index in [9.17, 15) is 14.4 Å². The number of thiophene rings is 1. The molecule has 2 aromatic heterocycles. The predicted molar refractivity (Wildman–Crippen MR) is 122 cm³/mol. The van der Waals surface area contributed by atoms with Crippen molar-refractivity contribution in [3.8, 4) is 0 Å². The third-order valence-electron chi connectivity index (χ3n) is 5.46. The highest BCUT2D eigenvalue weighted by atomic mass is 32.1. The zero-order chi connectivity index (χ0) is 22.0. The summed E-state index contributed by atoms with van der Waals surface area (Å²) in [6, 6.07) is 7.09. The van der Waals surface area contributed by atoms with Crippen LogP contribution in [0.4, 0.5) is 5.69 Å².